The number of carbonyl (C=O) groups is 1. The molecule has 0 aromatic heterocycles. The molecule has 6 nitrogen and oxygen atoms in total. The van der Waals surface area contributed by atoms with E-state index < -0.39 is 5.60 Å². The van der Waals surface area contributed by atoms with Crippen LogP contribution in [0.15, 0.2) is 0 Å². The first-order valence-electron chi connectivity index (χ1n) is 8.25. The van der Waals surface area contributed by atoms with Gasteiger partial charge in [0, 0.05) is 19.1 Å². The van der Waals surface area contributed by atoms with Crippen LogP contribution in [-0.2, 0) is 4.74 Å². The maximum Gasteiger partial charge on any atom is 0.407 e. The van der Waals surface area contributed by atoms with E-state index in [1.165, 1.54) is 0 Å². The molecule has 0 heterocycles. The molecule has 1 amide bonds. The van der Waals surface area contributed by atoms with E-state index in [-0.39, 0.29) is 6.09 Å². The van der Waals surface area contributed by atoms with E-state index in [2.05, 4.69) is 36.1 Å². The van der Waals surface area contributed by atoms with Crippen LogP contribution in [0.3, 0.4) is 0 Å². The molecular formula is C16H36N4O2. The Morgan fingerprint density at radius 1 is 1.27 bits per heavy atom. The van der Waals surface area contributed by atoms with Crippen molar-refractivity contribution in [2.75, 3.05) is 46.8 Å². The van der Waals surface area contributed by atoms with Gasteiger partial charge in [-0.25, -0.2) is 4.79 Å². The summed E-state index contributed by atoms with van der Waals surface area (Å²) >= 11 is 0. The van der Waals surface area contributed by atoms with Crippen molar-refractivity contribution in [3.8, 4) is 0 Å². The fourth-order valence-corrected chi connectivity index (χ4v) is 2.29. The van der Waals surface area contributed by atoms with Crippen molar-refractivity contribution >= 4 is 6.09 Å². The monoisotopic (exact) mass is 316 g/mol. The minimum atomic E-state index is -0.459. The number of nitrogens with two attached hydrogens (primary N) is 1. The van der Waals surface area contributed by atoms with Gasteiger partial charge >= 0.3 is 6.09 Å². The second kappa shape index (κ2) is 10.8. The molecule has 0 aliphatic heterocycles. The highest BCUT2D eigenvalue weighted by Gasteiger charge is 2.18. The van der Waals surface area contributed by atoms with E-state index in [0.717, 1.165) is 32.5 Å². The van der Waals surface area contributed by atoms with Crippen LogP contribution in [0.1, 0.15) is 40.5 Å². The molecule has 1 unspecified atom stereocenters. The first-order chi connectivity index (χ1) is 10.2. The summed E-state index contributed by atoms with van der Waals surface area (Å²) in [5.41, 5.74) is 5.44. The minimum Gasteiger partial charge on any atom is -0.444 e. The van der Waals surface area contributed by atoms with Crippen LogP contribution in [0.25, 0.3) is 0 Å². The summed E-state index contributed by atoms with van der Waals surface area (Å²) in [6.45, 7) is 12.0. The van der Waals surface area contributed by atoms with E-state index in [1.54, 1.807) is 0 Å². The Bertz CT molecular complexity index is 303. The SMILES string of the molecule is CCN(CCCN(C)C)C(CN)CCNC(=O)OC(C)(C)C. The van der Waals surface area contributed by atoms with Crippen LogP contribution in [0.5, 0.6) is 0 Å². The normalized spacial score (nSPS) is 13.5. The molecule has 0 rings (SSSR count). The Labute approximate surface area is 136 Å². The molecular weight excluding hydrogens is 280 g/mol. The molecule has 0 aliphatic rings. The molecule has 0 radical (unpaired) electrons. The zero-order valence-corrected chi connectivity index (χ0v) is 15.3. The molecule has 0 aliphatic carbocycles. The highest BCUT2D eigenvalue weighted by molar-refractivity contribution is 5.67. The van der Waals surface area contributed by atoms with E-state index in [0.29, 0.717) is 19.1 Å². The fraction of sp³-hybridized carbons (Fsp3) is 0.938. The van der Waals surface area contributed by atoms with E-state index in [4.69, 9.17) is 10.5 Å². The lowest BCUT2D eigenvalue weighted by molar-refractivity contribution is 0.0522. The summed E-state index contributed by atoms with van der Waals surface area (Å²) in [4.78, 5) is 16.2. The zero-order chi connectivity index (χ0) is 17.2. The van der Waals surface area contributed by atoms with Gasteiger partial charge in [-0.1, -0.05) is 6.92 Å². The number of rotatable bonds is 10. The molecule has 0 saturated carbocycles. The summed E-state index contributed by atoms with van der Waals surface area (Å²) in [6, 6.07) is 0.294. The second-order valence-corrected chi connectivity index (χ2v) is 6.89. The van der Waals surface area contributed by atoms with Crippen LogP contribution in [0, 0.1) is 0 Å². The van der Waals surface area contributed by atoms with Gasteiger partial charge in [0.1, 0.15) is 5.60 Å². The van der Waals surface area contributed by atoms with Gasteiger partial charge in [-0.3, -0.25) is 4.90 Å². The number of alkyl carbamates (subject to hydrolysis) is 1. The molecule has 22 heavy (non-hydrogen) atoms. The number of hydrogen-bond donors (Lipinski definition) is 2. The quantitative estimate of drug-likeness (QED) is 0.639. The standard InChI is InChI=1S/C16H36N4O2/c1-7-20(12-8-11-19(5)6)14(13-17)9-10-18-15(21)22-16(2,3)4/h14H,7-13,17H2,1-6H3,(H,18,21). The largest absolute Gasteiger partial charge is 0.444 e. The van der Waals surface area contributed by atoms with E-state index in [9.17, 15) is 4.79 Å². The number of hydrogen-bond acceptors (Lipinski definition) is 5. The maximum atomic E-state index is 11.6. The number of nitrogens with one attached hydrogen (secondary N) is 1. The Kier molecular flexibility index (Phi) is 10.4. The van der Waals surface area contributed by atoms with Crippen LogP contribution >= 0.6 is 0 Å². The van der Waals surface area contributed by atoms with Gasteiger partial charge in [0.25, 0.3) is 0 Å². The molecule has 0 aromatic carbocycles. The number of amides is 1. The first-order valence-corrected chi connectivity index (χ1v) is 8.25. The number of nitrogens with zero attached hydrogens (tertiary/aromatic N) is 2. The smallest absolute Gasteiger partial charge is 0.407 e. The number of ether oxygens (including phenoxy) is 1. The van der Waals surface area contributed by atoms with Gasteiger partial charge in [-0.15, -0.1) is 0 Å². The lowest BCUT2D eigenvalue weighted by atomic mass is 10.1. The Balaban J connectivity index is 4.13. The van der Waals surface area contributed by atoms with E-state index >= 15 is 0 Å². The summed E-state index contributed by atoms with van der Waals surface area (Å²) in [5, 5.41) is 2.81. The van der Waals surface area contributed by atoms with Crippen LogP contribution in [0.4, 0.5) is 4.79 Å². The third-order valence-corrected chi connectivity index (χ3v) is 3.39. The van der Waals surface area contributed by atoms with Crippen LogP contribution in [-0.4, -0.2) is 74.4 Å². The zero-order valence-electron chi connectivity index (χ0n) is 15.3. The van der Waals surface area contributed by atoms with Crippen molar-refractivity contribution in [3.05, 3.63) is 0 Å². The average Bonchev–Trinajstić information content (AvgIpc) is 2.38. The molecule has 0 spiro atoms. The molecule has 3 N–H and O–H groups in total. The molecule has 0 aromatic rings. The molecule has 6 heteroatoms. The van der Waals surface area contributed by atoms with Crippen molar-refractivity contribution in [2.24, 2.45) is 5.73 Å². The van der Waals surface area contributed by atoms with Crippen LogP contribution < -0.4 is 11.1 Å². The highest BCUT2D eigenvalue weighted by Crippen LogP contribution is 2.07. The summed E-state index contributed by atoms with van der Waals surface area (Å²) in [6.07, 6.45) is 1.60. The van der Waals surface area contributed by atoms with Crippen molar-refractivity contribution in [3.63, 3.8) is 0 Å². The van der Waals surface area contributed by atoms with Gasteiger partial charge in [-0.05, 0) is 67.3 Å². The first kappa shape index (κ1) is 21.1. The third kappa shape index (κ3) is 10.8. The minimum absolute atomic E-state index is 0.294. The van der Waals surface area contributed by atoms with Gasteiger partial charge in [0.15, 0.2) is 0 Å². The summed E-state index contributed by atoms with van der Waals surface area (Å²) in [5.74, 6) is 0. The van der Waals surface area contributed by atoms with Crippen molar-refractivity contribution in [2.45, 2.75) is 52.2 Å². The van der Waals surface area contributed by atoms with Crippen LogP contribution in [0.2, 0.25) is 0 Å². The molecule has 1 atom stereocenters. The molecule has 0 fully saturated rings. The van der Waals surface area contributed by atoms with Gasteiger partial charge in [-0.2, -0.15) is 0 Å². The van der Waals surface area contributed by atoms with Gasteiger partial charge in [0.05, 0.1) is 0 Å². The third-order valence-electron chi connectivity index (χ3n) is 3.39. The fourth-order valence-electron chi connectivity index (χ4n) is 2.29. The Morgan fingerprint density at radius 2 is 1.91 bits per heavy atom. The average molecular weight is 316 g/mol. The Hall–Kier alpha value is -0.850. The molecule has 132 valence electrons. The highest BCUT2D eigenvalue weighted by atomic mass is 16.6. The summed E-state index contributed by atoms with van der Waals surface area (Å²) < 4.78 is 5.23. The van der Waals surface area contributed by atoms with Crippen molar-refractivity contribution in [1.82, 2.24) is 15.1 Å². The number of likely N-dealkylation sites (N-methyl/N-ethyl adjacent to an activating group) is 1. The van der Waals surface area contributed by atoms with Gasteiger partial charge in [0.2, 0.25) is 0 Å². The molecule has 0 saturated heterocycles. The molecule has 0 bridgehead atoms. The maximum absolute atomic E-state index is 11.6. The second-order valence-electron chi connectivity index (χ2n) is 6.89. The van der Waals surface area contributed by atoms with Crippen molar-refractivity contribution in [1.29, 1.82) is 0 Å². The number of carbonyl (C=O) groups excluding carboxylic acids is 1. The summed E-state index contributed by atoms with van der Waals surface area (Å²) in [7, 11) is 4.17. The van der Waals surface area contributed by atoms with Gasteiger partial charge < -0.3 is 20.7 Å². The van der Waals surface area contributed by atoms with E-state index in [1.807, 2.05) is 20.8 Å². The lowest BCUT2D eigenvalue weighted by Crippen LogP contribution is -2.44. The van der Waals surface area contributed by atoms with Crippen molar-refractivity contribution < 1.29 is 9.53 Å². The topological polar surface area (TPSA) is 70.8 Å². The predicted molar refractivity (Wildman–Crippen MR) is 92.1 cm³/mol. The predicted octanol–water partition coefficient (Wildman–Crippen LogP) is 1.50. The Morgan fingerprint density at radius 3 is 2.36 bits per heavy atom. The lowest BCUT2D eigenvalue weighted by Gasteiger charge is -2.30.